The summed E-state index contributed by atoms with van der Waals surface area (Å²) >= 11 is 15.5. The molecule has 3 aromatic carbocycles. The van der Waals surface area contributed by atoms with Crippen LogP contribution in [-0.2, 0) is 6.61 Å². The van der Waals surface area contributed by atoms with E-state index in [0.717, 1.165) is 36.6 Å². The lowest BCUT2D eigenvalue weighted by Crippen LogP contribution is -2.25. The Kier molecular flexibility index (Phi) is 9.45. The Labute approximate surface area is 260 Å². The fourth-order valence-electron chi connectivity index (χ4n) is 5.04. The van der Waals surface area contributed by atoms with Crippen molar-refractivity contribution in [3.8, 4) is 11.5 Å². The van der Waals surface area contributed by atoms with E-state index in [1.165, 1.54) is 17.0 Å². The van der Waals surface area contributed by atoms with Gasteiger partial charge in [-0.15, -0.1) is 0 Å². The van der Waals surface area contributed by atoms with Crippen LogP contribution in [0.4, 0.5) is 5.69 Å². The van der Waals surface area contributed by atoms with Crippen molar-refractivity contribution in [3.63, 3.8) is 0 Å². The molecule has 0 bridgehead atoms. The Bertz CT molecular complexity index is 1740. The predicted octanol–water partition coefficient (Wildman–Crippen LogP) is 8.28. The summed E-state index contributed by atoms with van der Waals surface area (Å²) < 4.78 is 13.7. The fourth-order valence-corrected chi connectivity index (χ4v) is 5.72. The van der Waals surface area contributed by atoms with Crippen molar-refractivity contribution in [1.29, 1.82) is 0 Å². The molecule has 1 aliphatic rings. The van der Waals surface area contributed by atoms with Crippen molar-refractivity contribution in [1.82, 2.24) is 9.66 Å². The molecule has 0 aliphatic heterocycles. The number of benzene rings is 3. The van der Waals surface area contributed by atoms with Gasteiger partial charge in [-0.1, -0.05) is 64.5 Å². The second-order valence-electron chi connectivity index (χ2n) is 9.92. The Morgan fingerprint density at radius 3 is 2.60 bits per heavy atom. The molecule has 9 nitrogen and oxygen atoms in total. The van der Waals surface area contributed by atoms with Crippen molar-refractivity contribution < 1.29 is 14.4 Å². The molecule has 0 unspecified atom stereocenters. The minimum Gasteiger partial charge on any atom is -0.490 e. The maximum absolute atomic E-state index is 13.6. The molecule has 0 saturated heterocycles. The largest absolute Gasteiger partial charge is 0.490 e. The van der Waals surface area contributed by atoms with Crippen molar-refractivity contribution in [2.24, 2.45) is 5.10 Å². The fraction of sp³-hybridized carbons (Fsp3) is 0.300. The van der Waals surface area contributed by atoms with Crippen LogP contribution in [0, 0.1) is 10.1 Å². The number of hydrogen-bond donors (Lipinski definition) is 0. The number of halogens is 3. The van der Waals surface area contributed by atoms with Crippen LogP contribution in [0.3, 0.4) is 0 Å². The standard InChI is InChI=1S/C30H27BrCl2N4O5/c1-2-41-27-14-19(13-26(37(39)40)28(27)42-17-18-8-10-23(32)24(33)12-18)16-34-36-29(20-6-4-3-5-7-20)35-25-11-9-21(31)15-22(25)30(36)38/h8-16,20H,2-7,17H2,1H3. The first-order chi connectivity index (χ1) is 20.2. The second kappa shape index (κ2) is 13.2. The van der Waals surface area contributed by atoms with E-state index >= 15 is 0 Å². The van der Waals surface area contributed by atoms with E-state index in [9.17, 15) is 14.9 Å². The van der Waals surface area contributed by atoms with Gasteiger partial charge in [0.25, 0.3) is 5.56 Å². The smallest absolute Gasteiger partial charge is 0.315 e. The Balaban J connectivity index is 1.55. The number of nitro benzene ring substituents is 1. The molecule has 0 spiro atoms. The number of aromatic nitrogens is 2. The molecular weight excluding hydrogens is 647 g/mol. The quantitative estimate of drug-likeness (QED) is 0.100. The van der Waals surface area contributed by atoms with Crippen LogP contribution in [-0.4, -0.2) is 27.4 Å². The lowest BCUT2D eigenvalue weighted by molar-refractivity contribution is -0.386. The summed E-state index contributed by atoms with van der Waals surface area (Å²) in [6.45, 7) is 2.02. The molecule has 0 atom stereocenters. The zero-order chi connectivity index (χ0) is 29.8. The Morgan fingerprint density at radius 2 is 1.88 bits per heavy atom. The Hall–Kier alpha value is -3.47. The summed E-state index contributed by atoms with van der Waals surface area (Å²) in [5.41, 5.74) is 1.04. The lowest BCUT2D eigenvalue weighted by Gasteiger charge is -2.22. The first kappa shape index (κ1) is 30.0. The van der Waals surface area contributed by atoms with Crippen LogP contribution in [0.5, 0.6) is 11.5 Å². The molecule has 42 heavy (non-hydrogen) atoms. The summed E-state index contributed by atoms with van der Waals surface area (Å²) in [4.78, 5) is 30.1. The normalized spacial score (nSPS) is 14.0. The average molecular weight is 674 g/mol. The summed E-state index contributed by atoms with van der Waals surface area (Å²) in [5, 5.41) is 17.8. The summed E-state index contributed by atoms with van der Waals surface area (Å²) in [5.74, 6) is 0.824. The highest BCUT2D eigenvalue weighted by Crippen LogP contribution is 2.39. The van der Waals surface area contributed by atoms with E-state index in [1.807, 2.05) is 12.1 Å². The molecule has 0 amide bonds. The summed E-state index contributed by atoms with van der Waals surface area (Å²) in [7, 11) is 0. The minimum atomic E-state index is -0.543. The number of fused-ring (bicyclic) bond motifs is 1. The zero-order valence-corrected chi connectivity index (χ0v) is 25.8. The van der Waals surface area contributed by atoms with Crippen LogP contribution in [0.15, 0.2) is 62.9 Å². The van der Waals surface area contributed by atoms with Gasteiger partial charge in [0.15, 0.2) is 5.75 Å². The summed E-state index contributed by atoms with van der Waals surface area (Å²) in [6.07, 6.45) is 6.49. The van der Waals surface area contributed by atoms with Crippen LogP contribution in [0.1, 0.15) is 61.9 Å². The molecule has 1 fully saturated rings. The maximum atomic E-state index is 13.6. The van der Waals surface area contributed by atoms with E-state index in [0.29, 0.717) is 37.9 Å². The van der Waals surface area contributed by atoms with Gasteiger partial charge in [0.05, 0.1) is 38.7 Å². The molecule has 218 valence electrons. The average Bonchev–Trinajstić information content (AvgIpc) is 2.98. The number of nitrogens with zero attached hydrogens (tertiary/aromatic N) is 4. The van der Waals surface area contributed by atoms with Crippen LogP contribution in [0.25, 0.3) is 10.9 Å². The zero-order valence-electron chi connectivity index (χ0n) is 22.7. The van der Waals surface area contributed by atoms with Gasteiger partial charge in [-0.2, -0.15) is 9.78 Å². The number of rotatable bonds is 9. The van der Waals surface area contributed by atoms with Gasteiger partial charge in [0, 0.05) is 22.0 Å². The van der Waals surface area contributed by atoms with Crippen LogP contribution in [0.2, 0.25) is 10.0 Å². The van der Waals surface area contributed by atoms with Gasteiger partial charge < -0.3 is 9.47 Å². The van der Waals surface area contributed by atoms with E-state index in [2.05, 4.69) is 21.0 Å². The number of hydrogen-bond acceptors (Lipinski definition) is 7. The van der Waals surface area contributed by atoms with E-state index in [1.54, 1.807) is 37.3 Å². The van der Waals surface area contributed by atoms with E-state index in [-0.39, 0.29) is 41.9 Å². The molecule has 1 aliphatic carbocycles. The monoisotopic (exact) mass is 672 g/mol. The third kappa shape index (κ3) is 6.61. The van der Waals surface area contributed by atoms with Crippen molar-refractivity contribution in [2.75, 3.05) is 6.61 Å². The molecule has 5 rings (SSSR count). The van der Waals surface area contributed by atoms with Crippen LogP contribution >= 0.6 is 39.1 Å². The van der Waals surface area contributed by atoms with E-state index in [4.69, 9.17) is 37.7 Å². The highest BCUT2D eigenvalue weighted by atomic mass is 79.9. The van der Waals surface area contributed by atoms with Crippen molar-refractivity contribution in [2.45, 2.75) is 51.6 Å². The molecular formula is C30H27BrCl2N4O5. The second-order valence-corrected chi connectivity index (χ2v) is 11.7. The molecule has 1 heterocycles. The van der Waals surface area contributed by atoms with E-state index < -0.39 is 4.92 Å². The third-order valence-electron chi connectivity index (χ3n) is 7.05. The molecule has 1 aromatic heterocycles. The SMILES string of the molecule is CCOc1cc(C=Nn2c(C3CCCCC3)nc3ccc(Br)cc3c2=O)cc([N+](=O)[O-])c1OCc1ccc(Cl)c(Cl)c1. The highest BCUT2D eigenvalue weighted by molar-refractivity contribution is 9.10. The lowest BCUT2D eigenvalue weighted by atomic mass is 9.88. The van der Waals surface area contributed by atoms with Crippen molar-refractivity contribution >= 4 is 61.9 Å². The molecule has 0 radical (unpaired) electrons. The summed E-state index contributed by atoms with van der Waals surface area (Å²) in [6, 6.07) is 13.3. The van der Waals surface area contributed by atoms with Gasteiger partial charge >= 0.3 is 5.69 Å². The van der Waals surface area contributed by atoms with Gasteiger partial charge in [0.2, 0.25) is 5.75 Å². The first-order valence-electron chi connectivity index (χ1n) is 13.5. The first-order valence-corrected chi connectivity index (χ1v) is 15.1. The number of nitro groups is 1. The molecule has 4 aromatic rings. The van der Waals surface area contributed by atoms with Gasteiger partial charge in [0.1, 0.15) is 12.4 Å². The predicted molar refractivity (Wildman–Crippen MR) is 168 cm³/mol. The van der Waals surface area contributed by atoms with Gasteiger partial charge in [-0.05, 0) is 61.7 Å². The molecule has 1 saturated carbocycles. The highest BCUT2D eigenvalue weighted by Gasteiger charge is 2.24. The Morgan fingerprint density at radius 1 is 1.10 bits per heavy atom. The topological polar surface area (TPSA) is 109 Å². The molecule has 0 N–H and O–H groups in total. The number of ether oxygens (including phenoxy) is 2. The molecule has 12 heteroatoms. The van der Waals surface area contributed by atoms with Crippen molar-refractivity contribution in [3.05, 3.63) is 100 Å². The van der Waals surface area contributed by atoms with Gasteiger partial charge in [-0.25, -0.2) is 4.98 Å². The minimum absolute atomic E-state index is 0.00367. The maximum Gasteiger partial charge on any atom is 0.315 e. The van der Waals surface area contributed by atoms with Gasteiger partial charge in [-0.3, -0.25) is 14.9 Å². The third-order valence-corrected chi connectivity index (χ3v) is 8.28. The van der Waals surface area contributed by atoms with Crippen LogP contribution < -0.4 is 15.0 Å².